The second kappa shape index (κ2) is 11.4. The van der Waals surface area contributed by atoms with Gasteiger partial charge in [-0.25, -0.2) is 0 Å². The van der Waals surface area contributed by atoms with Gasteiger partial charge in [0.25, 0.3) is 0 Å². The number of ether oxygens (including phenoxy) is 1. The number of nitrogens with one attached hydrogen (secondary N) is 1. The van der Waals surface area contributed by atoms with Gasteiger partial charge in [0.1, 0.15) is 5.75 Å². The number of hydrogen-bond acceptors (Lipinski definition) is 3. The molecule has 1 N–H and O–H groups in total. The van der Waals surface area contributed by atoms with Crippen LogP contribution in [-0.2, 0) is 16.0 Å². The lowest BCUT2D eigenvalue weighted by Gasteiger charge is -2.22. The predicted octanol–water partition coefficient (Wildman–Crippen LogP) is 3.48. The molecule has 0 aliphatic heterocycles. The first-order chi connectivity index (χ1) is 13.1. The molecule has 0 unspecified atom stereocenters. The fourth-order valence-electron chi connectivity index (χ4n) is 3.34. The van der Waals surface area contributed by atoms with Crippen molar-refractivity contribution in [1.29, 1.82) is 0 Å². The molecule has 2 rings (SSSR count). The van der Waals surface area contributed by atoms with Gasteiger partial charge in [-0.15, -0.1) is 0 Å². The van der Waals surface area contributed by atoms with E-state index in [2.05, 4.69) is 11.4 Å². The summed E-state index contributed by atoms with van der Waals surface area (Å²) in [4.78, 5) is 25.7. The maximum absolute atomic E-state index is 12.1. The van der Waals surface area contributed by atoms with E-state index in [1.807, 2.05) is 24.3 Å². The number of amides is 2. The summed E-state index contributed by atoms with van der Waals surface area (Å²) in [6, 6.07) is 7.85. The Labute approximate surface area is 162 Å². The number of benzene rings is 1. The summed E-state index contributed by atoms with van der Waals surface area (Å²) in [5.74, 6) is 0.848. The molecule has 27 heavy (non-hydrogen) atoms. The molecule has 0 fully saturated rings. The molecular formula is C22H32N2O3. The molecule has 0 bridgehead atoms. The Hall–Kier alpha value is -2.30. The third kappa shape index (κ3) is 7.85. The zero-order valence-corrected chi connectivity index (χ0v) is 16.6. The highest BCUT2D eigenvalue weighted by Crippen LogP contribution is 2.20. The standard InChI is InChI=1S/C22H32N2O3/c1-18(25)24(15-12-19-7-4-3-5-8-19)16-13-22(26)23-14-11-20-9-6-10-21(17-20)27-2/h6-7,9-10,17H,3-5,8,11-16H2,1-2H3,(H,23,26). The summed E-state index contributed by atoms with van der Waals surface area (Å²) < 4.78 is 5.21. The van der Waals surface area contributed by atoms with E-state index in [9.17, 15) is 9.59 Å². The Kier molecular flexibility index (Phi) is 8.89. The fourth-order valence-corrected chi connectivity index (χ4v) is 3.34. The number of carbonyl (C=O) groups is 2. The van der Waals surface area contributed by atoms with Crippen LogP contribution < -0.4 is 10.1 Å². The Bertz CT molecular complexity index is 655. The summed E-state index contributed by atoms with van der Waals surface area (Å²) in [7, 11) is 1.65. The second-order valence-electron chi connectivity index (χ2n) is 7.07. The second-order valence-corrected chi connectivity index (χ2v) is 7.07. The van der Waals surface area contributed by atoms with E-state index in [-0.39, 0.29) is 11.8 Å². The van der Waals surface area contributed by atoms with Crippen LogP contribution in [0.1, 0.15) is 51.0 Å². The van der Waals surface area contributed by atoms with Gasteiger partial charge in [-0.05, 0) is 56.2 Å². The summed E-state index contributed by atoms with van der Waals surface area (Å²) >= 11 is 0. The highest BCUT2D eigenvalue weighted by molar-refractivity contribution is 5.78. The maximum atomic E-state index is 12.1. The van der Waals surface area contributed by atoms with Gasteiger partial charge in [0.05, 0.1) is 7.11 Å². The van der Waals surface area contributed by atoms with Crippen molar-refractivity contribution in [3.8, 4) is 5.75 Å². The normalized spacial score (nSPS) is 13.6. The van der Waals surface area contributed by atoms with Crippen molar-refractivity contribution in [1.82, 2.24) is 10.2 Å². The van der Waals surface area contributed by atoms with Crippen molar-refractivity contribution >= 4 is 11.8 Å². The highest BCUT2D eigenvalue weighted by atomic mass is 16.5. The molecule has 0 atom stereocenters. The largest absolute Gasteiger partial charge is 0.497 e. The molecule has 1 aliphatic rings. The summed E-state index contributed by atoms with van der Waals surface area (Å²) in [5.41, 5.74) is 2.58. The highest BCUT2D eigenvalue weighted by Gasteiger charge is 2.12. The molecule has 5 heteroatoms. The van der Waals surface area contributed by atoms with Crippen molar-refractivity contribution < 1.29 is 14.3 Å². The third-order valence-electron chi connectivity index (χ3n) is 5.01. The van der Waals surface area contributed by atoms with Crippen LogP contribution in [0.4, 0.5) is 0 Å². The van der Waals surface area contributed by atoms with Crippen molar-refractivity contribution in [2.24, 2.45) is 0 Å². The third-order valence-corrected chi connectivity index (χ3v) is 5.01. The van der Waals surface area contributed by atoms with Crippen molar-refractivity contribution in [3.63, 3.8) is 0 Å². The average molecular weight is 373 g/mol. The Balaban J connectivity index is 1.68. The number of hydrogen-bond donors (Lipinski definition) is 1. The van der Waals surface area contributed by atoms with Crippen LogP contribution in [0.2, 0.25) is 0 Å². The minimum atomic E-state index is -0.0129. The topological polar surface area (TPSA) is 58.6 Å². The molecule has 2 amide bonds. The van der Waals surface area contributed by atoms with E-state index < -0.39 is 0 Å². The lowest BCUT2D eigenvalue weighted by Crippen LogP contribution is -2.35. The average Bonchev–Trinajstić information content (AvgIpc) is 2.68. The van der Waals surface area contributed by atoms with Gasteiger partial charge >= 0.3 is 0 Å². The van der Waals surface area contributed by atoms with Gasteiger partial charge in [-0.1, -0.05) is 23.8 Å². The van der Waals surface area contributed by atoms with Gasteiger partial charge in [0.2, 0.25) is 11.8 Å². The van der Waals surface area contributed by atoms with E-state index in [0.29, 0.717) is 26.1 Å². The molecule has 5 nitrogen and oxygen atoms in total. The number of nitrogens with zero attached hydrogens (tertiary/aromatic N) is 1. The van der Waals surface area contributed by atoms with E-state index >= 15 is 0 Å². The smallest absolute Gasteiger partial charge is 0.221 e. The van der Waals surface area contributed by atoms with Crippen molar-refractivity contribution in [2.75, 3.05) is 26.7 Å². The summed E-state index contributed by atoms with van der Waals surface area (Å²) in [5, 5.41) is 2.94. The van der Waals surface area contributed by atoms with Gasteiger partial charge in [0, 0.05) is 33.0 Å². The predicted molar refractivity (Wildman–Crippen MR) is 108 cm³/mol. The number of allylic oxidation sites excluding steroid dienone is 1. The van der Waals surface area contributed by atoms with Gasteiger partial charge < -0.3 is 15.0 Å². The summed E-state index contributed by atoms with van der Waals surface area (Å²) in [6.45, 7) is 3.35. The van der Waals surface area contributed by atoms with Crippen molar-refractivity contribution in [3.05, 3.63) is 41.5 Å². The van der Waals surface area contributed by atoms with E-state index in [1.165, 1.54) is 18.4 Å². The van der Waals surface area contributed by atoms with Crippen LogP contribution in [0.3, 0.4) is 0 Å². The van der Waals surface area contributed by atoms with Crippen LogP contribution in [0.25, 0.3) is 0 Å². The Morgan fingerprint density at radius 3 is 2.74 bits per heavy atom. The molecule has 148 valence electrons. The van der Waals surface area contributed by atoms with Gasteiger partial charge in [-0.2, -0.15) is 0 Å². The number of methoxy groups -OCH3 is 1. The minimum absolute atomic E-state index is 0.0129. The zero-order chi connectivity index (χ0) is 19.5. The van der Waals surface area contributed by atoms with Crippen LogP contribution in [0, 0.1) is 0 Å². The lowest BCUT2D eigenvalue weighted by atomic mass is 9.97. The number of carbonyl (C=O) groups excluding carboxylic acids is 2. The SMILES string of the molecule is COc1cccc(CCNC(=O)CCN(CCC2=CCCCC2)C(C)=O)c1. The monoisotopic (exact) mass is 372 g/mol. The fraction of sp³-hybridized carbons (Fsp3) is 0.545. The molecular weight excluding hydrogens is 340 g/mol. The Morgan fingerprint density at radius 2 is 2.04 bits per heavy atom. The first kappa shape index (κ1) is 21.0. The Morgan fingerprint density at radius 1 is 1.19 bits per heavy atom. The van der Waals surface area contributed by atoms with Gasteiger partial charge in [-0.3, -0.25) is 9.59 Å². The molecule has 1 aliphatic carbocycles. The van der Waals surface area contributed by atoms with Crippen LogP contribution in [0.15, 0.2) is 35.9 Å². The summed E-state index contributed by atoms with van der Waals surface area (Å²) in [6.07, 6.45) is 9.17. The van der Waals surface area contributed by atoms with Crippen molar-refractivity contribution in [2.45, 2.75) is 51.9 Å². The molecule has 0 saturated carbocycles. The van der Waals surface area contributed by atoms with E-state index in [0.717, 1.165) is 37.0 Å². The van der Waals surface area contributed by atoms with Crippen LogP contribution in [0.5, 0.6) is 5.75 Å². The van der Waals surface area contributed by atoms with Gasteiger partial charge in [0.15, 0.2) is 0 Å². The first-order valence-electron chi connectivity index (χ1n) is 9.91. The number of rotatable bonds is 10. The zero-order valence-electron chi connectivity index (χ0n) is 16.6. The molecule has 1 aromatic rings. The molecule has 0 aromatic heterocycles. The minimum Gasteiger partial charge on any atom is -0.497 e. The van der Waals surface area contributed by atoms with E-state index in [1.54, 1.807) is 18.9 Å². The van der Waals surface area contributed by atoms with Crippen LogP contribution >= 0.6 is 0 Å². The molecule has 1 aromatic carbocycles. The lowest BCUT2D eigenvalue weighted by molar-refractivity contribution is -0.129. The van der Waals surface area contributed by atoms with Crippen LogP contribution in [-0.4, -0.2) is 43.5 Å². The molecule has 0 spiro atoms. The quantitative estimate of drug-likeness (QED) is 0.640. The van der Waals surface area contributed by atoms with E-state index in [4.69, 9.17) is 4.74 Å². The molecule has 0 saturated heterocycles. The first-order valence-corrected chi connectivity index (χ1v) is 9.91. The molecule has 0 heterocycles. The molecule has 0 radical (unpaired) electrons. The maximum Gasteiger partial charge on any atom is 0.221 e.